The Balaban J connectivity index is 1.74. The van der Waals surface area contributed by atoms with Crippen molar-refractivity contribution in [3.05, 3.63) is 47.5 Å². The van der Waals surface area contributed by atoms with Gasteiger partial charge in [-0.2, -0.15) is 0 Å². The molecule has 0 aliphatic carbocycles. The highest BCUT2D eigenvalue weighted by Crippen LogP contribution is 2.30. The number of methoxy groups -OCH3 is 4. The number of rotatable bonds is 8. The van der Waals surface area contributed by atoms with Crippen molar-refractivity contribution in [2.75, 3.05) is 35.0 Å². The fourth-order valence-electron chi connectivity index (χ4n) is 4.03. The number of amides is 1. The molecule has 1 saturated heterocycles. The quantitative estimate of drug-likeness (QED) is 0.644. The summed E-state index contributed by atoms with van der Waals surface area (Å²) in [6.45, 7) is 0.773. The molecule has 0 bridgehead atoms. The van der Waals surface area contributed by atoms with Crippen LogP contribution < -0.4 is 18.9 Å². The Morgan fingerprint density at radius 2 is 1.60 bits per heavy atom. The van der Waals surface area contributed by atoms with E-state index >= 15 is 0 Å². The summed E-state index contributed by atoms with van der Waals surface area (Å²) in [5, 5.41) is 0. The second kappa shape index (κ2) is 10.2. The summed E-state index contributed by atoms with van der Waals surface area (Å²) < 4.78 is 21.4. The van der Waals surface area contributed by atoms with Gasteiger partial charge in [0.2, 0.25) is 0 Å². The summed E-state index contributed by atoms with van der Waals surface area (Å²) in [5.41, 5.74) is 1.78. The Morgan fingerprint density at radius 3 is 2.23 bits per heavy atom. The topological polar surface area (TPSA) is 57.2 Å². The van der Waals surface area contributed by atoms with Gasteiger partial charge in [-0.3, -0.25) is 4.79 Å². The van der Waals surface area contributed by atoms with Crippen LogP contribution in [0.5, 0.6) is 23.0 Å². The third kappa shape index (κ3) is 4.99. The minimum absolute atomic E-state index is 0.0317. The molecular weight excluding hydrogens is 382 g/mol. The number of benzene rings is 2. The van der Waals surface area contributed by atoms with Crippen LogP contribution in [-0.4, -0.2) is 51.8 Å². The van der Waals surface area contributed by atoms with Crippen LogP contribution in [0.2, 0.25) is 0 Å². The van der Waals surface area contributed by atoms with E-state index in [0.29, 0.717) is 17.1 Å². The highest BCUT2D eigenvalue weighted by atomic mass is 16.5. The first-order chi connectivity index (χ1) is 14.6. The minimum Gasteiger partial charge on any atom is -0.497 e. The van der Waals surface area contributed by atoms with Gasteiger partial charge in [0.15, 0.2) is 11.5 Å². The fraction of sp³-hybridized carbons (Fsp3) is 0.458. The van der Waals surface area contributed by atoms with Crippen LogP contribution in [0, 0.1) is 0 Å². The fourth-order valence-corrected chi connectivity index (χ4v) is 4.03. The van der Waals surface area contributed by atoms with Crippen molar-refractivity contribution >= 4 is 5.91 Å². The molecule has 0 spiro atoms. The molecule has 2 aromatic carbocycles. The van der Waals surface area contributed by atoms with E-state index in [1.165, 1.54) is 5.56 Å². The van der Waals surface area contributed by atoms with Crippen molar-refractivity contribution in [2.24, 2.45) is 0 Å². The lowest BCUT2D eigenvalue weighted by molar-refractivity contribution is 0.0601. The zero-order valence-electron chi connectivity index (χ0n) is 18.3. The Morgan fingerprint density at radius 1 is 0.900 bits per heavy atom. The summed E-state index contributed by atoms with van der Waals surface area (Å²) in [6, 6.07) is 11.6. The Labute approximate surface area is 178 Å². The molecule has 1 aliphatic heterocycles. The second-order valence-electron chi connectivity index (χ2n) is 7.48. The first kappa shape index (κ1) is 21.8. The number of carbonyl (C=O) groups excluding carboxylic acids is 1. The van der Waals surface area contributed by atoms with E-state index in [-0.39, 0.29) is 11.9 Å². The van der Waals surface area contributed by atoms with Crippen molar-refractivity contribution in [1.82, 2.24) is 4.90 Å². The SMILES string of the molecule is COc1cc(OC)cc(C(=O)N2CCCCC2CCc2ccc(OC)c(OC)c2)c1. The zero-order chi connectivity index (χ0) is 21.5. The lowest BCUT2D eigenvalue weighted by Crippen LogP contribution is -2.44. The van der Waals surface area contributed by atoms with Gasteiger partial charge in [-0.05, 0) is 61.9 Å². The Kier molecular flexibility index (Phi) is 7.44. The van der Waals surface area contributed by atoms with Crippen LogP contribution in [0.1, 0.15) is 41.6 Å². The van der Waals surface area contributed by atoms with Crippen molar-refractivity contribution in [3.8, 4) is 23.0 Å². The Hall–Kier alpha value is -2.89. The Bertz CT molecular complexity index is 844. The summed E-state index contributed by atoms with van der Waals surface area (Å²) in [4.78, 5) is 15.3. The number of carbonyl (C=O) groups is 1. The molecule has 2 aromatic rings. The van der Waals surface area contributed by atoms with E-state index in [1.807, 2.05) is 17.0 Å². The van der Waals surface area contributed by atoms with Gasteiger partial charge < -0.3 is 23.8 Å². The van der Waals surface area contributed by atoms with Gasteiger partial charge in [0.05, 0.1) is 28.4 Å². The molecule has 0 aromatic heterocycles. The van der Waals surface area contributed by atoms with Crippen LogP contribution in [0.15, 0.2) is 36.4 Å². The summed E-state index contributed by atoms with van der Waals surface area (Å²) in [6.07, 6.45) is 4.96. The van der Waals surface area contributed by atoms with Crippen LogP contribution in [0.3, 0.4) is 0 Å². The van der Waals surface area contributed by atoms with E-state index in [2.05, 4.69) is 6.07 Å². The van der Waals surface area contributed by atoms with Gasteiger partial charge >= 0.3 is 0 Å². The molecule has 0 N–H and O–H groups in total. The van der Waals surface area contributed by atoms with Gasteiger partial charge in [0.1, 0.15) is 11.5 Å². The van der Waals surface area contributed by atoms with Gasteiger partial charge in [0, 0.05) is 24.2 Å². The maximum atomic E-state index is 13.3. The maximum Gasteiger partial charge on any atom is 0.254 e. The predicted octanol–water partition coefficient (Wildman–Crippen LogP) is 4.35. The van der Waals surface area contributed by atoms with Crippen molar-refractivity contribution in [3.63, 3.8) is 0 Å². The molecule has 3 rings (SSSR count). The van der Waals surface area contributed by atoms with Gasteiger partial charge in [-0.1, -0.05) is 6.07 Å². The molecule has 1 unspecified atom stereocenters. The molecule has 1 heterocycles. The third-order valence-corrected chi connectivity index (χ3v) is 5.70. The third-order valence-electron chi connectivity index (χ3n) is 5.70. The molecule has 162 valence electrons. The highest BCUT2D eigenvalue weighted by molar-refractivity contribution is 5.95. The predicted molar refractivity (Wildman–Crippen MR) is 116 cm³/mol. The largest absolute Gasteiger partial charge is 0.497 e. The first-order valence-corrected chi connectivity index (χ1v) is 10.3. The number of piperidine rings is 1. The average molecular weight is 414 g/mol. The zero-order valence-corrected chi connectivity index (χ0v) is 18.3. The minimum atomic E-state index is 0.0317. The van der Waals surface area contributed by atoms with Crippen LogP contribution in [0.4, 0.5) is 0 Å². The molecule has 1 aliphatic rings. The number of hydrogen-bond acceptors (Lipinski definition) is 5. The monoisotopic (exact) mass is 413 g/mol. The summed E-state index contributed by atoms with van der Waals surface area (Å²) >= 11 is 0. The number of hydrogen-bond donors (Lipinski definition) is 0. The van der Waals surface area contributed by atoms with Crippen LogP contribution >= 0.6 is 0 Å². The lowest BCUT2D eigenvalue weighted by Gasteiger charge is -2.36. The molecule has 1 fully saturated rings. The molecular formula is C24H31NO5. The standard InChI is InChI=1S/C24H31NO5/c1-27-20-14-18(15-21(16-20)28-2)24(26)25-12-6-5-7-19(25)10-8-17-9-11-22(29-3)23(13-17)30-4/h9,11,13-16,19H,5-8,10,12H2,1-4H3. The molecule has 1 atom stereocenters. The van der Waals surface area contributed by atoms with Crippen LogP contribution in [0.25, 0.3) is 0 Å². The molecule has 0 radical (unpaired) electrons. The smallest absolute Gasteiger partial charge is 0.254 e. The van der Waals surface area contributed by atoms with E-state index in [0.717, 1.165) is 50.1 Å². The summed E-state index contributed by atoms with van der Waals surface area (Å²) in [5.74, 6) is 2.73. The lowest BCUT2D eigenvalue weighted by atomic mass is 9.95. The average Bonchev–Trinajstić information content (AvgIpc) is 2.81. The molecule has 30 heavy (non-hydrogen) atoms. The number of aryl methyl sites for hydroxylation is 1. The highest BCUT2D eigenvalue weighted by Gasteiger charge is 2.28. The number of nitrogens with zero attached hydrogens (tertiary/aromatic N) is 1. The molecule has 6 nitrogen and oxygen atoms in total. The van der Waals surface area contributed by atoms with Crippen molar-refractivity contribution < 1.29 is 23.7 Å². The van der Waals surface area contributed by atoms with E-state index in [1.54, 1.807) is 46.6 Å². The van der Waals surface area contributed by atoms with Gasteiger partial charge in [0.25, 0.3) is 5.91 Å². The number of likely N-dealkylation sites (tertiary alicyclic amines) is 1. The van der Waals surface area contributed by atoms with E-state index < -0.39 is 0 Å². The van der Waals surface area contributed by atoms with E-state index in [4.69, 9.17) is 18.9 Å². The van der Waals surface area contributed by atoms with Crippen LogP contribution in [-0.2, 0) is 6.42 Å². The van der Waals surface area contributed by atoms with Gasteiger partial charge in [-0.25, -0.2) is 0 Å². The van der Waals surface area contributed by atoms with Crippen molar-refractivity contribution in [2.45, 2.75) is 38.1 Å². The molecule has 6 heteroatoms. The van der Waals surface area contributed by atoms with Crippen molar-refractivity contribution in [1.29, 1.82) is 0 Å². The molecule has 0 saturated carbocycles. The number of ether oxygens (including phenoxy) is 4. The van der Waals surface area contributed by atoms with Gasteiger partial charge in [-0.15, -0.1) is 0 Å². The van der Waals surface area contributed by atoms with E-state index in [9.17, 15) is 4.79 Å². The normalized spacial score (nSPS) is 16.1. The second-order valence-corrected chi connectivity index (χ2v) is 7.48. The maximum absolute atomic E-state index is 13.3. The first-order valence-electron chi connectivity index (χ1n) is 10.3. The molecule has 1 amide bonds. The summed E-state index contributed by atoms with van der Waals surface area (Å²) in [7, 11) is 6.47.